The van der Waals surface area contributed by atoms with E-state index < -0.39 is 0 Å². The quantitative estimate of drug-likeness (QED) is 0.653. The van der Waals surface area contributed by atoms with E-state index in [9.17, 15) is 9.59 Å². The van der Waals surface area contributed by atoms with E-state index in [4.69, 9.17) is 11.6 Å². The summed E-state index contributed by atoms with van der Waals surface area (Å²) in [5, 5.41) is 3.63. The lowest BCUT2D eigenvalue weighted by molar-refractivity contribution is 0.0632. The number of halogens is 1. The molecule has 2 atom stereocenters. The maximum Gasteiger partial charge on any atom is 0.270 e. The molecule has 1 aliphatic heterocycles. The summed E-state index contributed by atoms with van der Waals surface area (Å²) in [5.41, 5.74) is 3.70. The highest BCUT2D eigenvalue weighted by Crippen LogP contribution is 2.41. The summed E-state index contributed by atoms with van der Waals surface area (Å²) in [7, 11) is 0. The van der Waals surface area contributed by atoms with E-state index in [1.165, 1.54) is 0 Å². The van der Waals surface area contributed by atoms with Gasteiger partial charge in [-0.05, 0) is 55.7 Å². The van der Waals surface area contributed by atoms with Crippen LogP contribution in [-0.2, 0) is 0 Å². The number of hydrogen-bond donors (Lipinski definition) is 1. The number of piperidine rings is 1. The lowest BCUT2D eigenvalue weighted by Gasteiger charge is -2.37. The fraction of sp³-hybridized carbons (Fsp3) is 0.417. The van der Waals surface area contributed by atoms with Crippen LogP contribution in [-0.4, -0.2) is 50.2 Å². The number of carbonyl (C=O) groups is 2. The Morgan fingerprint density at radius 3 is 2.78 bits per heavy atom. The zero-order valence-corrected chi connectivity index (χ0v) is 19.0. The molecule has 32 heavy (non-hydrogen) atoms. The lowest BCUT2D eigenvalue weighted by atomic mass is 9.93. The number of aromatic nitrogens is 3. The van der Waals surface area contributed by atoms with Gasteiger partial charge in [-0.3, -0.25) is 14.6 Å². The summed E-state index contributed by atoms with van der Waals surface area (Å²) in [6, 6.07) is 5.59. The van der Waals surface area contributed by atoms with Crippen molar-refractivity contribution in [3.05, 3.63) is 64.3 Å². The molecule has 0 bridgehead atoms. The molecule has 2 fully saturated rings. The minimum Gasteiger partial charge on any atom is -0.348 e. The molecule has 4 heterocycles. The number of pyridine rings is 2. The number of fused-ring (bicyclic) bond motifs is 1. The van der Waals surface area contributed by atoms with Crippen molar-refractivity contribution in [2.24, 2.45) is 5.92 Å². The lowest BCUT2D eigenvalue weighted by Crippen LogP contribution is -2.51. The van der Waals surface area contributed by atoms with Crippen LogP contribution in [0, 0.1) is 12.8 Å². The SMILES string of the molecule is Cc1cnc2c(Cl)cc(C(=O)N3CC[C@@H](NC(=O)c4ncccc4C4CC4)[C@@H](C)C3)cn12. The van der Waals surface area contributed by atoms with E-state index in [1.54, 1.807) is 24.7 Å². The summed E-state index contributed by atoms with van der Waals surface area (Å²) in [5.74, 6) is 0.416. The highest BCUT2D eigenvalue weighted by atomic mass is 35.5. The van der Waals surface area contributed by atoms with E-state index >= 15 is 0 Å². The number of nitrogens with zero attached hydrogens (tertiary/aromatic N) is 4. The number of carbonyl (C=O) groups excluding carboxylic acids is 2. The van der Waals surface area contributed by atoms with Crippen LogP contribution in [0.15, 0.2) is 36.8 Å². The van der Waals surface area contributed by atoms with Crippen molar-refractivity contribution in [3.63, 3.8) is 0 Å². The molecule has 5 rings (SSSR count). The second-order valence-corrected chi connectivity index (χ2v) is 9.39. The maximum atomic E-state index is 13.2. The Kier molecular flexibility index (Phi) is 5.37. The van der Waals surface area contributed by atoms with Crippen LogP contribution in [0.25, 0.3) is 5.65 Å². The average molecular weight is 452 g/mol. The molecule has 0 spiro atoms. The van der Waals surface area contributed by atoms with Crippen molar-refractivity contribution in [1.29, 1.82) is 0 Å². The third-order valence-corrected chi connectivity index (χ3v) is 6.85. The Morgan fingerprint density at radius 1 is 1.22 bits per heavy atom. The predicted octanol–water partition coefficient (Wildman–Crippen LogP) is 3.85. The van der Waals surface area contributed by atoms with Crippen LogP contribution in [0.5, 0.6) is 0 Å². The number of likely N-dealkylation sites (tertiary alicyclic amines) is 1. The highest BCUT2D eigenvalue weighted by molar-refractivity contribution is 6.33. The molecule has 3 aromatic rings. The van der Waals surface area contributed by atoms with Crippen LogP contribution < -0.4 is 5.32 Å². The normalized spacial score (nSPS) is 21.0. The second-order valence-electron chi connectivity index (χ2n) is 8.98. The van der Waals surface area contributed by atoms with Crippen molar-refractivity contribution in [2.75, 3.05) is 13.1 Å². The van der Waals surface area contributed by atoms with Gasteiger partial charge in [0.25, 0.3) is 11.8 Å². The van der Waals surface area contributed by atoms with E-state index in [1.807, 2.05) is 28.4 Å². The summed E-state index contributed by atoms with van der Waals surface area (Å²) in [4.78, 5) is 36.6. The number of aryl methyl sites for hydroxylation is 1. The molecule has 0 unspecified atom stereocenters. The second kappa shape index (κ2) is 8.20. The minimum absolute atomic E-state index is 0.00238. The Bertz CT molecular complexity index is 1200. The fourth-order valence-electron chi connectivity index (χ4n) is 4.58. The molecule has 3 aromatic heterocycles. The standard InChI is InChI=1S/C24H26ClN5O2/c1-14-12-29(24(32)17-10-19(25)22-27-11-15(2)30(22)13-17)9-7-20(14)28-23(31)21-18(16-5-6-16)4-3-8-26-21/h3-4,8,10-11,13-14,16,20H,5-7,9,12H2,1-2H3,(H,28,31)/t14-,20+/m0/s1. The van der Waals surface area contributed by atoms with Gasteiger partial charge in [-0.25, -0.2) is 4.98 Å². The van der Waals surface area contributed by atoms with Gasteiger partial charge in [0.2, 0.25) is 0 Å². The molecule has 7 nitrogen and oxygen atoms in total. The van der Waals surface area contributed by atoms with Gasteiger partial charge in [0.15, 0.2) is 5.65 Å². The Balaban J connectivity index is 1.27. The molecule has 1 N–H and O–H groups in total. The largest absolute Gasteiger partial charge is 0.348 e. The van der Waals surface area contributed by atoms with Gasteiger partial charge >= 0.3 is 0 Å². The number of amides is 2. The van der Waals surface area contributed by atoms with Gasteiger partial charge in [-0.15, -0.1) is 0 Å². The molecule has 8 heteroatoms. The molecule has 166 valence electrons. The molecule has 2 aliphatic rings. The molecule has 2 amide bonds. The molecule has 0 radical (unpaired) electrons. The number of hydrogen-bond acceptors (Lipinski definition) is 4. The van der Waals surface area contributed by atoms with Gasteiger partial charge in [0.05, 0.1) is 10.6 Å². The van der Waals surface area contributed by atoms with Crippen molar-refractivity contribution in [2.45, 2.75) is 45.1 Å². The molecule has 1 saturated heterocycles. The Hall–Kier alpha value is -2.93. The topological polar surface area (TPSA) is 79.6 Å². The minimum atomic E-state index is -0.114. The van der Waals surface area contributed by atoms with Crippen molar-refractivity contribution in [3.8, 4) is 0 Å². The molecular formula is C24H26ClN5O2. The van der Waals surface area contributed by atoms with Crippen LogP contribution >= 0.6 is 11.6 Å². The van der Waals surface area contributed by atoms with E-state index in [2.05, 4.69) is 22.2 Å². The number of rotatable bonds is 4. The smallest absolute Gasteiger partial charge is 0.270 e. The van der Waals surface area contributed by atoms with E-state index in [-0.39, 0.29) is 23.8 Å². The summed E-state index contributed by atoms with van der Waals surface area (Å²) >= 11 is 6.36. The van der Waals surface area contributed by atoms with E-state index in [0.29, 0.717) is 47.4 Å². The monoisotopic (exact) mass is 451 g/mol. The van der Waals surface area contributed by atoms with E-state index in [0.717, 1.165) is 24.1 Å². The van der Waals surface area contributed by atoms with Gasteiger partial charge in [0.1, 0.15) is 5.69 Å². The summed E-state index contributed by atoms with van der Waals surface area (Å²) in [6.07, 6.45) is 8.15. The first kappa shape index (κ1) is 20.9. The van der Waals surface area contributed by atoms with Crippen LogP contribution in [0.2, 0.25) is 5.02 Å². The first-order valence-electron chi connectivity index (χ1n) is 11.1. The zero-order chi connectivity index (χ0) is 22.4. The van der Waals surface area contributed by atoms with Gasteiger partial charge in [0, 0.05) is 43.4 Å². The molecule has 1 aliphatic carbocycles. The Labute approximate surface area is 191 Å². The third-order valence-electron chi connectivity index (χ3n) is 6.57. The Morgan fingerprint density at radius 2 is 2.03 bits per heavy atom. The van der Waals surface area contributed by atoms with Crippen LogP contribution in [0.4, 0.5) is 0 Å². The van der Waals surface area contributed by atoms with Crippen molar-refractivity contribution in [1.82, 2.24) is 24.6 Å². The third kappa shape index (κ3) is 3.86. The predicted molar refractivity (Wildman–Crippen MR) is 122 cm³/mol. The van der Waals surface area contributed by atoms with Crippen LogP contribution in [0.1, 0.15) is 64.2 Å². The molecule has 1 saturated carbocycles. The first-order valence-corrected chi connectivity index (χ1v) is 11.5. The van der Waals surface area contributed by atoms with Gasteiger partial charge in [-0.2, -0.15) is 0 Å². The van der Waals surface area contributed by atoms with Crippen molar-refractivity contribution >= 4 is 29.1 Å². The van der Waals surface area contributed by atoms with Gasteiger partial charge < -0.3 is 14.6 Å². The van der Waals surface area contributed by atoms with Gasteiger partial charge in [-0.1, -0.05) is 24.6 Å². The highest BCUT2D eigenvalue weighted by Gasteiger charge is 2.33. The zero-order valence-electron chi connectivity index (χ0n) is 18.2. The van der Waals surface area contributed by atoms with Crippen LogP contribution in [0.3, 0.4) is 0 Å². The fourth-order valence-corrected chi connectivity index (χ4v) is 4.83. The first-order chi connectivity index (χ1) is 15.4. The number of imidazole rings is 1. The average Bonchev–Trinajstić information content (AvgIpc) is 3.57. The maximum absolute atomic E-state index is 13.2. The summed E-state index contributed by atoms with van der Waals surface area (Å²) in [6.45, 7) is 5.14. The summed E-state index contributed by atoms with van der Waals surface area (Å²) < 4.78 is 1.84. The number of nitrogens with one attached hydrogen (secondary N) is 1. The molecular weight excluding hydrogens is 426 g/mol. The molecule has 0 aromatic carbocycles. The van der Waals surface area contributed by atoms with Crippen molar-refractivity contribution < 1.29 is 9.59 Å².